The van der Waals surface area contributed by atoms with Gasteiger partial charge in [-0.3, -0.25) is 10.1 Å². The van der Waals surface area contributed by atoms with Crippen molar-refractivity contribution in [3.8, 4) is 0 Å². The third-order valence-corrected chi connectivity index (χ3v) is 4.88. The van der Waals surface area contributed by atoms with E-state index in [1.54, 1.807) is 31.9 Å². The van der Waals surface area contributed by atoms with Crippen LogP contribution in [0.4, 0.5) is 5.69 Å². The summed E-state index contributed by atoms with van der Waals surface area (Å²) in [4.78, 5) is 37.4. The molecule has 0 spiro atoms. The largest absolute Gasteiger partial charge is 0.466 e. The Morgan fingerprint density at radius 1 is 1.30 bits per heavy atom. The summed E-state index contributed by atoms with van der Waals surface area (Å²) in [7, 11) is 2.89. The lowest BCUT2D eigenvalue weighted by Crippen LogP contribution is -2.32. The van der Waals surface area contributed by atoms with Gasteiger partial charge in [-0.25, -0.2) is 9.59 Å². The van der Waals surface area contributed by atoms with Gasteiger partial charge in [0, 0.05) is 24.9 Å². The summed E-state index contributed by atoms with van der Waals surface area (Å²) < 4.78 is 10.0. The van der Waals surface area contributed by atoms with Crippen LogP contribution >= 0.6 is 12.6 Å². The maximum Gasteiger partial charge on any atom is 0.337 e. The van der Waals surface area contributed by atoms with Crippen molar-refractivity contribution in [2.45, 2.75) is 19.8 Å². The molecule has 8 nitrogen and oxygen atoms in total. The van der Waals surface area contributed by atoms with Crippen LogP contribution in [-0.2, 0) is 19.1 Å². The van der Waals surface area contributed by atoms with Crippen molar-refractivity contribution in [3.63, 3.8) is 0 Å². The molecule has 1 unspecified atom stereocenters. The van der Waals surface area contributed by atoms with Gasteiger partial charge >= 0.3 is 11.9 Å². The van der Waals surface area contributed by atoms with Crippen molar-refractivity contribution in [3.05, 3.63) is 61.8 Å². The summed E-state index contributed by atoms with van der Waals surface area (Å²) in [6.07, 6.45) is 0. The molecule has 9 heteroatoms. The van der Waals surface area contributed by atoms with Gasteiger partial charge in [-0.05, 0) is 19.4 Å². The molecule has 0 amide bonds. The van der Waals surface area contributed by atoms with Crippen molar-refractivity contribution >= 4 is 30.3 Å². The fourth-order valence-corrected chi connectivity index (χ4v) is 3.32. The molecule has 0 aliphatic carbocycles. The number of nitro benzene ring substituents is 1. The number of methoxy groups -OCH3 is 1. The number of benzene rings is 1. The number of nitro groups is 1. The van der Waals surface area contributed by atoms with Gasteiger partial charge in [-0.15, -0.1) is 12.6 Å². The molecule has 1 heterocycles. The molecule has 0 saturated carbocycles. The zero-order valence-corrected chi connectivity index (χ0v) is 16.3. The van der Waals surface area contributed by atoms with E-state index in [0.717, 1.165) is 0 Å². The normalized spacial score (nSPS) is 17.1. The minimum absolute atomic E-state index is 0.120. The van der Waals surface area contributed by atoms with Crippen LogP contribution in [-0.4, -0.2) is 42.5 Å². The first-order valence-corrected chi connectivity index (χ1v) is 8.56. The standard InChI is InChI=1S/C18H20N2O6S/c1-5-26-18(22)15-14(11-7-6-8-12(9-11)20(23)24)13(17(21)25-4)10(2)19(3)16(15)27/h6-9,14,27H,5H2,1-4H3. The summed E-state index contributed by atoms with van der Waals surface area (Å²) in [5.41, 5.74) is 1.08. The molecule has 0 aromatic heterocycles. The Kier molecular flexibility index (Phi) is 6.27. The van der Waals surface area contributed by atoms with E-state index in [4.69, 9.17) is 9.47 Å². The van der Waals surface area contributed by atoms with Gasteiger partial charge in [-0.2, -0.15) is 0 Å². The Morgan fingerprint density at radius 3 is 2.52 bits per heavy atom. The lowest BCUT2D eigenvalue weighted by Gasteiger charge is -2.34. The Bertz CT molecular complexity index is 861. The summed E-state index contributed by atoms with van der Waals surface area (Å²) in [5, 5.41) is 11.5. The number of allylic oxidation sites excluding steroid dienone is 1. The summed E-state index contributed by atoms with van der Waals surface area (Å²) in [6.45, 7) is 3.48. The molecule has 0 N–H and O–H groups in total. The summed E-state index contributed by atoms with van der Waals surface area (Å²) >= 11 is 4.44. The molecule has 0 radical (unpaired) electrons. The van der Waals surface area contributed by atoms with Gasteiger partial charge in [0.25, 0.3) is 5.69 Å². The van der Waals surface area contributed by atoms with Gasteiger partial charge < -0.3 is 14.4 Å². The first-order chi connectivity index (χ1) is 12.7. The molecule has 27 heavy (non-hydrogen) atoms. The van der Waals surface area contributed by atoms with E-state index in [1.807, 2.05) is 0 Å². The van der Waals surface area contributed by atoms with Gasteiger partial charge in [0.2, 0.25) is 0 Å². The highest BCUT2D eigenvalue weighted by Gasteiger charge is 2.40. The van der Waals surface area contributed by atoms with E-state index in [1.165, 1.54) is 25.3 Å². The van der Waals surface area contributed by atoms with Crippen LogP contribution in [0.15, 0.2) is 46.1 Å². The predicted molar refractivity (Wildman–Crippen MR) is 101 cm³/mol. The Morgan fingerprint density at radius 2 is 1.96 bits per heavy atom. The maximum atomic E-state index is 12.7. The number of carbonyl (C=O) groups is 2. The van der Waals surface area contributed by atoms with Crippen LogP contribution in [0.2, 0.25) is 0 Å². The van der Waals surface area contributed by atoms with Crippen LogP contribution in [0.5, 0.6) is 0 Å². The Hall–Kier alpha value is -2.81. The number of thiol groups is 1. The predicted octanol–water partition coefficient (Wildman–Crippen LogP) is 2.78. The molecule has 1 aliphatic rings. The van der Waals surface area contributed by atoms with Gasteiger partial charge in [0.05, 0.1) is 40.7 Å². The van der Waals surface area contributed by atoms with Gasteiger partial charge in [0.15, 0.2) is 0 Å². The Labute approximate surface area is 162 Å². The zero-order chi connectivity index (χ0) is 20.3. The molecule has 0 fully saturated rings. The summed E-state index contributed by atoms with van der Waals surface area (Å²) in [5.74, 6) is -2.20. The topological polar surface area (TPSA) is 99.0 Å². The lowest BCUT2D eigenvalue weighted by molar-refractivity contribution is -0.384. The second-order valence-corrected chi connectivity index (χ2v) is 6.22. The highest BCUT2D eigenvalue weighted by Crippen LogP contribution is 2.43. The molecule has 1 aromatic carbocycles. The number of rotatable bonds is 5. The van der Waals surface area contributed by atoms with E-state index in [0.29, 0.717) is 16.3 Å². The smallest absolute Gasteiger partial charge is 0.337 e. The SMILES string of the molecule is CCOC(=O)C1=C(S)N(C)C(C)=C(C(=O)OC)C1c1cccc([N+](=O)[O-])c1. The maximum absolute atomic E-state index is 12.7. The highest BCUT2D eigenvalue weighted by molar-refractivity contribution is 7.84. The van der Waals surface area contributed by atoms with Crippen molar-refractivity contribution in [1.82, 2.24) is 4.90 Å². The second kappa shape index (κ2) is 8.26. The van der Waals surface area contributed by atoms with E-state index < -0.39 is 22.8 Å². The zero-order valence-electron chi connectivity index (χ0n) is 15.4. The van der Waals surface area contributed by atoms with E-state index >= 15 is 0 Å². The van der Waals surface area contributed by atoms with E-state index in [9.17, 15) is 19.7 Å². The van der Waals surface area contributed by atoms with Gasteiger partial charge in [0.1, 0.15) is 0 Å². The van der Waals surface area contributed by atoms with Crippen molar-refractivity contribution < 1.29 is 24.0 Å². The summed E-state index contributed by atoms with van der Waals surface area (Å²) in [6, 6.07) is 5.77. The van der Waals surface area contributed by atoms with Crippen LogP contribution < -0.4 is 0 Å². The number of esters is 2. The minimum atomic E-state index is -0.903. The van der Waals surface area contributed by atoms with Crippen molar-refractivity contribution in [1.29, 1.82) is 0 Å². The minimum Gasteiger partial charge on any atom is -0.466 e. The number of nitrogens with zero attached hydrogens (tertiary/aromatic N) is 2. The first-order valence-electron chi connectivity index (χ1n) is 8.11. The molecular weight excluding hydrogens is 372 g/mol. The molecule has 1 atom stereocenters. The fourth-order valence-electron chi connectivity index (χ4n) is 2.95. The van der Waals surface area contributed by atoms with E-state index in [-0.39, 0.29) is 23.4 Å². The molecule has 1 aromatic rings. The van der Waals surface area contributed by atoms with E-state index in [2.05, 4.69) is 12.6 Å². The first kappa shape index (κ1) is 20.5. The molecule has 0 bridgehead atoms. The molecule has 0 saturated heterocycles. The van der Waals surface area contributed by atoms with Crippen LogP contribution in [0.25, 0.3) is 0 Å². The second-order valence-electron chi connectivity index (χ2n) is 5.79. The monoisotopic (exact) mass is 392 g/mol. The number of carbonyl (C=O) groups excluding carboxylic acids is 2. The third kappa shape index (κ3) is 3.82. The molecule has 144 valence electrons. The lowest BCUT2D eigenvalue weighted by atomic mass is 9.81. The number of non-ortho nitro benzene ring substituents is 1. The Balaban J connectivity index is 2.77. The molecular formula is C18H20N2O6S. The van der Waals surface area contributed by atoms with Crippen molar-refractivity contribution in [2.24, 2.45) is 0 Å². The van der Waals surface area contributed by atoms with Crippen LogP contribution in [0.3, 0.4) is 0 Å². The quantitative estimate of drug-likeness (QED) is 0.356. The van der Waals surface area contributed by atoms with Crippen LogP contribution in [0, 0.1) is 10.1 Å². The van der Waals surface area contributed by atoms with Gasteiger partial charge in [-0.1, -0.05) is 12.1 Å². The van der Waals surface area contributed by atoms with Crippen LogP contribution in [0.1, 0.15) is 25.3 Å². The number of hydrogen-bond donors (Lipinski definition) is 1. The average Bonchev–Trinajstić information content (AvgIpc) is 2.65. The number of ether oxygens (including phenoxy) is 2. The molecule has 1 aliphatic heterocycles. The molecule has 2 rings (SSSR count). The van der Waals surface area contributed by atoms with Crippen molar-refractivity contribution in [2.75, 3.05) is 20.8 Å². The highest BCUT2D eigenvalue weighted by atomic mass is 32.1. The number of hydrogen-bond acceptors (Lipinski definition) is 8. The fraction of sp³-hybridized carbons (Fsp3) is 0.333. The average molecular weight is 392 g/mol. The third-order valence-electron chi connectivity index (χ3n) is 4.34.